The highest BCUT2D eigenvalue weighted by Gasteiger charge is 2.32. The largest absolute Gasteiger partial charge is 0.479 e. The number of hydrogen-bond donors (Lipinski definition) is 1. The number of aryl methyl sites for hydroxylation is 1. The molecule has 0 radical (unpaired) electrons. The zero-order chi connectivity index (χ0) is 16.4. The molecule has 116 valence electrons. The van der Waals surface area contributed by atoms with Crippen molar-refractivity contribution in [3.8, 4) is 0 Å². The molecule has 0 bridgehead atoms. The highest BCUT2D eigenvalue weighted by atomic mass is 16.6. The molecule has 1 rings (SSSR count). The highest BCUT2D eigenvalue weighted by molar-refractivity contribution is 5.82. The normalized spacial score (nSPS) is 12.7. The summed E-state index contributed by atoms with van der Waals surface area (Å²) in [5, 5.41) is 9.51. The van der Waals surface area contributed by atoms with Crippen molar-refractivity contribution in [2.24, 2.45) is 0 Å². The summed E-state index contributed by atoms with van der Waals surface area (Å²) in [5.41, 5.74) is 1.77. The smallest absolute Gasteiger partial charge is 0.411 e. The minimum Gasteiger partial charge on any atom is -0.479 e. The van der Waals surface area contributed by atoms with E-state index in [1.165, 1.54) is 7.05 Å². The first-order valence-corrected chi connectivity index (χ1v) is 6.79. The number of amides is 1. The van der Waals surface area contributed by atoms with Gasteiger partial charge in [-0.1, -0.05) is 18.2 Å². The van der Waals surface area contributed by atoms with E-state index in [1.807, 2.05) is 19.9 Å². The second-order valence-corrected chi connectivity index (χ2v) is 6.12. The maximum absolute atomic E-state index is 12.1. The standard InChI is InChI=1S/C16H23NO4/c1-10-8-7-9-12(11(10)2)13(14(18)19)17(6)15(20)21-16(3,4)5/h7-9,13H,1-6H3,(H,18,19). The lowest BCUT2D eigenvalue weighted by Gasteiger charge is -2.29. The Morgan fingerprint density at radius 1 is 1.24 bits per heavy atom. The van der Waals surface area contributed by atoms with Crippen molar-refractivity contribution in [3.05, 3.63) is 34.9 Å². The van der Waals surface area contributed by atoms with E-state index in [9.17, 15) is 14.7 Å². The van der Waals surface area contributed by atoms with Crippen LogP contribution in [0.4, 0.5) is 4.79 Å². The first-order valence-electron chi connectivity index (χ1n) is 6.79. The number of carbonyl (C=O) groups excluding carboxylic acids is 1. The average Bonchev–Trinajstić information content (AvgIpc) is 2.32. The van der Waals surface area contributed by atoms with Crippen LogP contribution in [-0.2, 0) is 9.53 Å². The van der Waals surface area contributed by atoms with Crippen LogP contribution in [0.1, 0.15) is 43.5 Å². The van der Waals surface area contributed by atoms with E-state index in [4.69, 9.17) is 4.74 Å². The molecule has 1 N–H and O–H groups in total. The first kappa shape index (κ1) is 17.0. The van der Waals surface area contributed by atoms with Gasteiger partial charge in [-0.3, -0.25) is 4.90 Å². The van der Waals surface area contributed by atoms with Gasteiger partial charge < -0.3 is 9.84 Å². The number of carboxylic acid groups (broad SMARTS) is 1. The number of benzene rings is 1. The van der Waals surface area contributed by atoms with E-state index < -0.39 is 23.7 Å². The molecule has 0 heterocycles. The zero-order valence-corrected chi connectivity index (χ0v) is 13.4. The number of rotatable bonds is 3. The van der Waals surface area contributed by atoms with E-state index in [0.29, 0.717) is 5.56 Å². The molecule has 0 spiro atoms. The van der Waals surface area contributed by atoms with E-state index in [-0.39, 0.29) is 0 Å². The van der Waals surface area contributed by atoms with Crippen molar-refractivity contribution in [1.82, 2.24) is 4.90 Å². The molecule has 0 aliphatic carbocycles. The van der Waals surface area contributed by atoms with Gasteiger partial charge >= 0.3 is 12.1 Å². The Morgan fingerprint density at radius 3 is 2.29 bits per heavy atom. The fourth-order valence-electron chi connectivity index (χ4n) is 2.02. The zero-order valence-electron chi connectivity index (χ0n) is 13.4. The van der Waals surface area contributed by atoms with Crippen molar-refractivity contribution >= 4 is 12.1 Å². The summed E-state index contributed by atoms with van der Waals surface area (Å²) in [6, 6.07) is 4.35. The van der Waals surface area contributed by atoms with Crippen LogP contribution in [0.25, 0.3) is 0 Å². The lowest BCUT2D eigenvalue weighted by Crippen LogP contribution is -2.40. The lowest BCUT2D eigenvalue weighted by atomic mass is 9.97. The summed E-state index contributed by atoms with van der Waals surface area (Å²) in [6.07, 6.45) is -0.657. The van der Waals surface area contributed by atoms with Crippen LogP contribution in [0, 0.1) is 13.8 Å². The predicted octanol–water partition coefficient (Wildman–Crippen LogP) is 3.30. The van der Waals surface area contributed by atoms with E-state index in [2.05, 4.69) is 0 Å². The fourth-order valence-corrected chi connectivity index (χ4v) is 2.02. The predicted molar refractivity (Wildman–Crippen MR) is 80.3 cm³/mol. The SMILES string of the molecule is Cc1cccc(C(C(=O)O)N(C)C(=O)OC(C)(C)C)c1C. The van der Waals surface area contributed by atoms with Crippen LogP contribution in [0.5, 0.6) is 0 Å². The van der Waals surface area contributed by atoms with Crippen LogP contribution < -0.4 is 0 Å². The Bertz CT molecular complexity index is 546. The minimum atomic E-state index is -1.09. The Hall–Kier alpha value is -2.04. The molecule has 1 aromatic carbocycles. The molecular weight excluding hydrogens is 270 g/mol. The number of likely N-dealkylation sites (N-methyl/N-ethyl adjacent to an activating group) is 1. The Morgan fingerprint density at radius 2 is 1.81 bits per heavy atom. The Balaban J connectivity index is 3.16. The average molecular weight is 293 g/mol. The molecule has 0 saturated heterocycles. The number of nitrogens with zero attached hydrogens (tertiary/aromatic N) is 1. The Labute approximate surface area is 125 Å². The van der Waals surface area contributed by atoms with E-state index >= 15 is 0 Å². The summed E-state index contributed by atoms with van der Waals surface area (Å²) in [5.74, 6) is -1.09. The van der Waals surface area contributed by atoms with Crippen molar-refractivity contribution in [3.63, 3.8) is 0 Å². The van der Waals surface area contributed by atoms with Crippen LogP contribution in [0.2, 0.25) is 0 Å². The van der Waals surface area contributed by atoms with Crippen molar-refractivity contribution in [2.45, 2.75) is 46.3 Å². The van der Waals surface area contributed by atoms with Gasteiger partial charge in [0.2, 0.25) is 0 Å². The van der Waals surface area contributed by atoms with Crippen LogP contribution in [0.15, 0.2) is 18.2 Å². The van der Waals surface area contributed by atoms with Gasteiger partial charge in [0.05, 0.1) is 0 Å². The summed E-state index contributed by atoms with van der Waals surface area (Å²) >= 11 is 0. The van der Waals surface area contributed by atoms with Crippen molar-refractivity contribution < 1.29 is 19.4 Å². The van der Waals surface area contributed by atoms with Crippen LogP contribution in [0.3, 0.4) is 0 Å². The molecule has 1 unspecified atom stereocenters. The van der Waals surface area contributed by atoms with Crippen LogP contribution in [-0.4, -0.2) is 34.7 Å². The lowest BCUT2D eigenvalue weighted by molar-refractivity contribution is -0.143. The van der Waals surface area contributed by atoms with Gasteiger partial charge in [0.1, 0.15) is 5.60 Å². The monoisotopic (exact) mass is 293 g/mol. The second kappa shape index (κ2) is 6.16. The van der Waals surface area contributed by atoms with Gasteiger partial charge in [-0.15, -0.1) is 0 Å². The van der Waals surface area contributed by atoms with Crippen molar-refractivity contribution in [1.29, 1.82) is 0 Å². The summed E-state index contributed by atoms with van der Waals surface area (Å²) < 4.78 is 5.25. The molecule has 0 aliphatic rings. The number of carbonyl (C=O) groups is 2. The third-order valence-corrected chi connectivity index (χ3v) is 3.24. The second-order valence-electron chi connectivity index (χ2n) is 6.12. The van der Waals surface area contributed by atoms with Gasteiger partial charge in [-0.05, 0) is 51.3 Å². The van der Waals surface area contributed by atoms with E-state index in [1.54, 1.807) is 32.9 Å². The summed E-state index contributed by atoms with van der Waals surface area (Å²) in [7, 11) is 1.44. The first-order chi connectivity index (χ1) is 9.54. The maximum Gasteiger partial charge on any atom is 0.411 e. The molecular formula is C16H23NO4. The quantitative estimate of drug-likeness (QED) is 0.928. The van der Waals surface area contributed by atoms with Crippen molar-refractivity contribution in [2.75, 3.05) is 7.05 Å². The molecule has 5 heteroatoms. The molecule has 1 aromatic rings. The van der Waals surface area contributed by atoms with Gasteiger partial charge in [-0.2, -0.15) is 0 Å². The summed E-state index contributed by atoms with van der Waals surface area (Å²) in [6.45, 7) is 8.99. The maximum atomic E-state index is 12.1. The third kappa shape index (κ3) is 4.21. The molecule has 1 atom stereocenters. The fraction of sp³-hybridized carbons (Fsp3) is 0.500. The molecule has 0 fully saturated rings. The molecule has 21 heavy (non-hydrogen) atoms. The van der Waals surface area contributed by atoms with Gasteiger partial charge in [-0.25, -0.2) is 9.59 Å². The molecule has 5 nitrogen and oxygen atoms in total. The number of ether oxygens (including phenoxy) is 1. The van der Waals surface area contributed by atoms with E-state index in [0.717, 1.165) is 16.0 Å². The topological polar surface area (TPSA) is 66.8 Å². The third-order valence-electron chi connectivity index (χ3n) is 3.24. The Kier molecular flexibility index (Phi) is 4.99. The van der Waals surface area contributed by atoms with Gasteiger partial charge in [0, 0.05) is 7.05 Å². The summed E-state index contributed by atoms with van der Waals surface area (Å²) in [4.78, 5) is 24.9. The minimum absolute atomic E-state index is 0.593. The number of carboxylic acids is 1. The van der Waals surface area contributed by atoms with Gasteiger partial charge in [0.25, 0.3) is 0 Å². The van der Waals surface area contributed by atoms with Crippen LogP contribution >= 0.6 is 0 Å². The number of aliphatic carboxylic acids is 1. The number of hydrogen-bond acceptors (Lipinski definition) is 3. The van der Waals surface area contributed by atoms with Gasteiger partial charge in [0.15, 0.2) is 6.04 Å². The molecule has 0 aliphatic heterocycles. The highest BCUT2D eigenvalue weighted by Crippen LogP contribution is 2.26. The molecule has 0 aromatic heterocycles. The molecule has 0 saturated carbocycles. The molecule has 1 amide bonds.